The van der Waals surface area contributed by atoms with Crippen LogP contribution < -0.4 is 20.2 Å². The fourth-order valence-corrected chi connectivity index (χ4v) is 3.67. The second-order valence-electron chi connectivity index (χ2n) is 6.20. The van der Waals surface area contributed by atoms with Gasteiger partial charge in [-0.1, -0.05) is 18.2 Å². The predicted molar refractivity (Wildman–Crippen MR) is 115 cm³/mol. The normalized spacial score (nSPS) is 12.0. The number of rotatable bonds is 8. The summed E-state index contributed by atoms with van der Waals surface area (Å²) in [4.78, 5) is 24.8. The summed E-state index contributed by atoms with van der Waals surface area (Å²) in [5.74, 6) is -0.330. The number of aliphatic hydroxyl groups excluding tert-OH is 1. The number of amides is 2. The Labute approximate surface area is 177 Å². The second kappa shape index (κ2) is 9.86. The molecule has 2 amide bonds. The van der Waals surface area contributed by atoms with Crippen LogP contribution in [-0.4, -0.2) is 50.0 Å². The van der Waals surface area contributed by atoms with Crippen molar-refractivity contribution in [2.45, 2.75) is 6.04 Å². The first-order valence-electron chi connectivity index (χ1n) is 9.00. The third-order valence-corrected chi connectivity index (χ3v) is 5.32. The lowest BCUT2D eigenvalue weighted by Gasteiger charge is -2.15. The summed E-state index contributed by atoms with van der Waals surface area (Å²) in [7, 11) is 2.95. The molecule has 1 atom stereocenters. The minimum atomic E-state index is -1.16. The summed E-state index contributed by atoms with van der Waals surface area (Å²) >= 11 is 1.58. The Kier molecular flexibility index (Phi) is 6.99. The van der Waals surface area contributed by atoms with Gasteiger partial charge < -0.3 is 19.9 Å². The number of hydrogen-bond acceptors (Lipinski definition) is 7. The molecule has 1 aromatic heterocycles. The SMILES string of the molecule is COc1ccc(C(=O)N[C@@H](CO)C(=O)N/N=C/c2csc3ccccc23)cc1OC. The molecule has 9 heteroatoms. The van der Waals surface area contributed by atoms with Gasteiger partial charge in [0.2, 0.25) is 0 Å². The quantitative estimate of drug-likeness (QED) is 0.377. The summed E-state index contributed by atoms with van der Waals surface area (Å²) in [5, 5.41) is 18.9. The van der Waals surface area contributed by atoms with E-state index in [0.29, 0.717) is 11.5 Å². The lowest BCUT2D eigenvalue weighted by molar-refractivity contribution is -0.123. The molecule has 3 aromatic rings. The van der Waals surface area contributed by atoms with Gasteiger partial charge in [-0.25, -0.2) is 5.43 Å². The van der Waals surface area contributed by atoms with E-state index in [2.05, 4.69) is 15.8 Å². The Morgan fingerprint density at radius 3 is 2.67 bits per heavy atom. The average molecular weight is 427 g/mol. The fraction of sp³-hybridized carbons (Fsp3) is 0.190. The van der Waals surface area contributed by atoms with E-state index in [-0.39, 0.29) is 5.56 Å². The molecule has 0 fully saturated rings. The van der Waals surface area contributed by atoms with E-state index in [4.69, 9.17) is 9.47 Å². The molecule has 0 bridgehead atoms. The zero-order valence-electron chi connectivity index (χ0n) is 16.4. The number of hydrogen-bond donors (Lipinski definition) is 3. The zero-order chi connectivity index (χ0) is 21.5. The number of ether oxygens (including phenoxy) is 2. The summed E-state index contributed by atoms with van der Waals surface area (Å²) in [6, 6.07) is 11.3. The molecular weight excluding hydrogens is 406 g/mol. The fourth-order valence-electron chi connectivity index (χ4n) is 2.75. The Balaban J connectivity index is 1.64. The number of aliphatic hydroxyl groups is 1. The summed E-state index contributed by atoms with van der Waals surface area (Å²) < 4.78 is 11.4. The van der Waals surface area contributed by atoms with Crippen molar-refractivity contribution < 1.29 is 24.2 Å². The molecule has 8 nitrogen and oxygen atoms in total. The number of carbonyl (C=O) groups is 2. The van der Waals surface area contributed by atoms with E-state index >= 15 is 0 Å². The number of methoxy groups -OCH3 is 2. The molecule has 0 aliphatic carbocycles. The molecule has 3 N–H and O–H groups in total. The molecule has 3 rings (SSSR count). The summed E-state index contributed by atoms with van der Waals surface area (Å²) in [5.41, 5.74) is 3.47. The first-order valence-corrected chi connectivity index (χ1v) is 9.88. The molecule has 0 unspecified atom stereocenters. The highest BCUT2D eigenvalue weighted by Gasteiger charge is 2.21. The van der Waals surface area contributed by atoms with Crippen molar-refractivity contribution in [2.24, 2.45) is 5.10 Å². The van der Waals surface area contributed by atoms with Crippen LogP contribution in [0.15, 0.2) is 52.9 Å². The van der Waals surface area contributed by atoms with Crippen LogP contribution in [0.2, 0.25) is 0 Å². The number of fused-ring (bicyclic) bond motifs is 1. The van der Waals surface area contributed by atoms with E-state index < -0.39 is 24.5 Å². The van der Waals surface area contributed by atoms with Crippen molar-refractivity contribution in [3.63, 3.8) is 0 Å². The van der Waals surface area contributed by atoms with Crippen molar-refractivity contribution in [3.8, 4) is 11.5 Å². The van der Waals surface area contributed by atoms with E-state index in [0.717, 1.165) is 15.6 Å². The minimum absolute atomic E-state index is 0.257. The first-order chi connectivity index (χ1) is 14.6. The van der Waals surface area contributed by atoms with E-state index in [9.17, 15) is 14.7 Å². The van der Waals surface area contributed by atoms with Gasteiger partial charge in [0.15, 0.2) is 11.5 Å². The molecule has 0 aliphatic heterocycles. The molecule has 2 aromatic carbocycles. The van der Waals surface area contributed by atoms with Crippen molar-refractivity contribution in [3.05, 3.63) is 59.0 Å². The van der Waals surface area contributed by atoms with Crippen molar-refractivity contribution in [1.29, 1.82) is 0 Å². The van der Waals surface area contributed by atoms with Crippen LogP contribution in [0.25, 0.3) is 10.1 Å². The van der Waals surface area contributed by atoms with E-state index in [1.54, 1.807) is 17.4 Å². The van der Waals surface area contributed by atoms with E-state index in [1.807, 2.05) is 29.6 Å². The predicted octanol–water partition coefficient (Wildman–Crippen LogP) is 2.16. The topological polar surface area (TPSA) is 109 Å². The number of hydrazone groups is 1. The van der Waals surface area contributed by atoms with Gasteiger partial charge in [0.1, 0.15) is 6.04 Å². The number of nitrogens with zero attached hydrogens (tertiary/aromatic N) is 1. The van der Waals surface area contributed by atoms with Gasteiger partial charge >= 0.3 is 0 Å². The zero-order valence-corrected chi connectivity index (χ0v) is 17.2. The number of benzene rings is 2. The molecule has 0 saturated heterocycles. The Morgan fingerprint density at radius 2 is 1.93 bits per heavy atom. The first kappa shape index (κ1) is 21.3. The Bertz CT molecular complexity index is 1080. The van der Waals surface area contributed by atoms with Gasteiger partial charge in [-0.2, -0.15) is 5.10 Å². The maximum Gasteiger partial charge on any atom is 0.265 e. The van der Waals surface area contributed by atoms with Crippen molar-refractivity contribution in [2.75, 3.05) is 20.8 Å². The number of thiophene rings is 1. The van der Waals surface area contributed by atoms with Crippen LogP contribution >= 0.6 is 11.3 Å². The average Bonchev–Trinajstić information content (AvgIpc) is 3.19. The highest BCUT2D eigenvalue weighted by molar-refractivity contribution is 7.17. The Morgan fingerprint density at radius 1 is 1.17 bits per heavy atom. The second-order valence-corrected chi connectivity index (χ2v) is 7.11. The van der Waals surface area contributed by atoms with Gasteiger partial charge in [0.05, 0.1) is 27.0 Å². The van der Waals surface area contributed by atoms with Crippen molar-refractivity contribution >= 4 is 39.5 Å². The highest BCUT2D eigenvalue weighted by atomic mass is 32.1. The van der Waals surface area contributed by atoms with Crippen molar-refractivity contribution in [1.82, 2.24) is 10.7 Å². The largest absolute Gasteiger partial charge is 0.493 e. The Hall–Kier alpha value is -3.43. The van der Waals surface area contributed by atoms with E-state index in [1.165, 1.54) is 32.6 Å². The van der Waals surface area contributed by atoms with Crippen LogP contribution in [0.1, 0.15) is 15.9 Å². The van der Waals surface area contributed by atoms with Crippen LogP contribution in [0.3, 0.4) is 0 Å². The molecule has 0 spiro atoms. The minimum Gasteiger partial charge on any atom is -0.493 e. The third kappa shape index (κ3) is 4.76. The molecular formula is C21H21N3O5S. The molecule has 0 aliphatic rings. The molecule has 1 heterocycles. The summed E-state index contributed by atoms with van der Waals surface area (Å²) in [6.45, 7) is -0.582. The van der Waals surface area contributed by atoms with Crippen LogP contribution in [0.5, 0.6) is 11.5 Å². The standard InChI is InChI=1S/C21H21N3O5S/c1-28-17-8-7-13(9-18(17)29-2)20(26)23-16(11-25)21(27)24-22-10-14-12-30-19-6-4-3-5-15(14)19/h3-10,12,16,25H,11H2,1-2H3,(H,23,26)(H,24,27)/b22-10+/t16-/m0/s1. The molecule has 156 valence electrons. The van der Waals surface area contributed by atoms with Gasteiger partial charge in [-0.05, 0) is 24.3 Å². The maximum absolute atomic E-state index is 12.5. The number of carbonyl (C=O) groups excluding carboxylic acids is 2. The number of nitrogens with one attached hydrogen (secondary N) is 2. The van der Waals surface area contributed by atoms with Gasteiger partial charge in [0, 0.05) is 26.6 Å². The van der Waals surface area contributed by atoms with Crippen LogP contribution in [0, 0.1) is 0 Å². The van der Waals surface area contributed by atoms with Crippen LogP contribution in [-0.2, 0) is 4.79 Å². The summed E-state index contributed by atoms with van der Waals surface area (Å²) in [6.07, 6.45) is 1.53. The molecule has 0 saturated carbocycles. The smallest absolute Gasteiger partial charge is 0.265 e. The monoisotopic (exact) mass is 427 g/mol. The van der Waals surface area contributed by atoms with Gasteiger partial charge in [-0.3, -0.25) is 9.59 Å². The third-order valence-electron chi connectivity index (χ3n) is 4.34. The molecule has 30 heavy (non-hydrogen) atoms. The lowest BCUT2D eigenvalue weighted by Crippen LogP contribution is -2.47. The maximum atomic E-state index is 12.5. The lowest BCUT2D eigenvalue weighted by atomic mass is 10.1. The molecule has 0 radical (unpaired) electrons. The highest BCUT2D eigenvalue weighted by Crippen LogP contribution is 2.27. The van der Waals surface area contributed by atoms with Gasteiger partial charge in [0.25, 0.3) is 11.8 Å². The van der Waals surface area contributed by atoms with Gasteiger partial charge in [-0.15, -0.1) is 11.3 Å². The van der Waals surface area contributed by atoms with Crippen LogP contribution in [0.4, 0.5) is 0 Å².